The standard InChI is InChI=1S/C15H18N4O2S/c1-12-4-6-14(7-5-12)19-11-15(10-17-19)22(20,21)18(3)13(2)8-9-16/h4-7,10-11,13H,8H2,1-3H3/t13-/m0/s1. The van der Waals surface area contributed by atoms with Crippen molar-refractivity contribution in [2.45, 2.75) is 31.2 Å². The fourth-order valence-electron chi connectivity index (χ4n) is 1.94. The van der Waals surface area contributed by atoms with Crippen molar-refractivity contribution in [2.75, 3.05) is 7.05 Å². The molecule has 0 saturated heterocycles. The van der Waals surface area contributed by atoms with Crippen molar-refractivity contribution in [1.29, 1.82) is 5.26 Å². The van der Waals surface area contributed by atoms with E-state index in [1.807, 2.05) is 37.3 Å². The Kier molecular flexibility index (Phi) is 4.64. The summed E-state index contributed by atoms with van der Waals surface area (Å²) in [6.07, 6.45) is 2.95. The molecule has 2 aromatic rings. The van der Waals surface area contributed by atoms with E-state index >= 15 is 0 Å². The van der Waals surface area contributed by atoms with E-state index in [-0.39, 0.29) is 11.3 Å². The highest BCUT2D eigenvalue weighted by molar-refractivity contribution is 7.89. The monoisotopic (exact) mass is 318 g/mol. The Morgan fingerprint density at radius 3 is 2.59 bits per heavy atom. The number of sulfonamides is 1. The molecule has 0 unspecified atom stereocenters. The van der Waals surface area contributed by atoms with Gasteiger partial charge in [-0.05, 0) is 26.0 Å². The maximum Gasteiger partial charge on any atom is 0.246 e. The number of rotatable bonds is 5. The van der Waals surface area contributed by atoms with E-state index in [0.29, 0.717) is 0 Å². The molecule has 0 saturated carbocycles. The molecule has 0 radical (unpaired) electrons. The number of hydrogen-bond donors (Lipinski definition) is 0. The van der Waals surface area contributed by atoms with Gasteiger partial charge in [0.25, 0.3) is 0 Å². The zero-order valence-corrected chi connectivity index (χ0v) is 13.6. The third-order valence-corrected chi connectivity index (χ3v) is 5.47. The maximum atomic E-state index is 12.5. The van der Waals surface area contributed by atoms with Crippen LogP contribution in [-0.4, -0.2) is 35.6 Å². The number of aryl methyl sites for hydroxylation is 1. The lowest BCUT2D eigenvalue weighted by molar-refractivity contribution is 0.393. The van der Waals surface area contributed by atoms with Gasteiger partial charge in [0.05, 0.1) is 30.6 Å². The van der Waals surface area contributed by atoms with Gasteiger partial charge in [0.15, 0.2) is 0 Å². The Morgan fingerprint density at radius 2 is 2.00 bits per heavy atom. The Balaban J connectivity index is 2.31. The molecule has 0 aliphatic carbocycles. The molecule has 1 aromatic heterocycles. The highest BCUT2D eigenvalue weighted by Crippen LogP contribution is 2.19. The maximum absolute atomic E-state index is 12.5. The van der Waals surface area contributed by atoms with Gasteiger partial charge in [0.1, 0.15) is 4.90 Å². The molecule has 0 spiro atoms. The van der Waals surface area contributed by atoms with Gasteiger partial charge in [-0.1, -0.05) is 17.7 Å². The van der Waals surface area contributed by atoms with E-state index < -0.39 is 16.1 Å². The van der Waals surface area contributed by atoms with Crippen LogP contribution in [0, 0.1) is 18.3 Å². The molecule has 6 nitrogen and oxygen atoms in total. The van der Waals surface area contributed by atoms with Crippen LogP contribution in [0.3, 0.4) is 0 Å². The summed E-state index contributed by atoms with van der Waals surface area (Å²) < 4.78 is 27.7. The molecule has 1 aromatic carbocycles. The summed E-state index contributed by atoms with van der Waals surface area (Å²) in [6, 6.07) is 9.22. The Morgan fingerprint density at radius 1 is 1.36 bits per heavy atom. The van der Waals surface area contributed by atoms with E-state index in [1.165, 1.54) is 28.4 Å². The molecular weight excluding hydrogens is 300 g/mol. The fraction of sp³-hybridized carbons (Fsp3) is 0.333. The topological polar surface area (TPSA) is 79.0 Å². The van der Waals surface area contributed by atoms with Crippen molar-refractivity contribution in [1.82, 2.24) is 14.1 Å². The Hall–Kier alpha value is -2.17. The molecule has 1 heterocycles. The molecule has 0 bridgehead atoms. The van der Waals surface area contributed by atoms with Crippen LogP contribution in [0.15, 0.2) is 41.6 Å². The van der Waals surface area contributed by atoms with Crippen molar-refractivity contribution in [3.05, 3.63) is 42.2 Å². The van der Waals surface area contributed by atoms with Crippen LogP contribution in [0.5, 0.6) is 0 Å². The molecule has 0 amide bonds. The number of nitriles is 1. The third-order valence-electron chi connectivity index (χ3n) is 3.54. The average molecular weight is 318 g/mol. The van der Waals surface area contributed by atoms with E-state index in [4.69, 9.17) is 5.26 Å². The van der Waals surface area contributed by atoms with Gasteiger partial charge < -0.3 is 0 Å². The largest absolute Gasteiger partial charge is 0.246 e. The van der Waals surface area contributed by atoms with Gasteiger partial charge in [0, 0.05) is 13.1 Å². The average Bonchev–Trinajstić information content (AvgIpc) is 2.98. The molecule has 0 aliphatic heterocycles. The first kappa shape index (κ1) is 16.2. The number of aromatic nitrogens is 2. The summed E-state index contributed by atoms with van der Waals surface area (Å²) in [5.74, 6) is 0. The number of hydrogen-bond acceptors (Lipinski definition) is 4. The lowest BCUT2D eigenvalue weighted by Gasteiger charge is -2.21. The summed E-state index contributed by atoms with van der Waals surface area (Å²) in [7, 11) is -2.18. The zero-order chi connectivity index (χ0) is 16.3. The molecule has 116 valence electrons. The first-order chi connectivity index (χ1) is 10.4. The second kappa shape index (κ2) is 6.30. The molecule has 7 heteroatoms. The quantitative estimate of drug-likeness (QED) is 0.845. The van der Waals surface area contributed by atoms with E-state index in [9.17, 15) is 8.42 Å². The predicted octanol–water partition coefficient (Wildman–Crippen LogP) is 2.10. The smallest absolute Gasteiger partial charge is 0.240 e. The molecule has 0 fully saturated rings. The van der Waals surface area contributed by atoms with Crippen molar-refractivity contribution in [3.63, 3.8) is 0 Å². The third kappa shape index (κ3) is 3.18. The predicted molar refractivity (Wildman–Crippen MR) is 82.9 cm³/mol. The molecule has 22 heavy (non-hydrogen) atoms. The van der Waals surface area contributed by atoms with Gasteiger partial charge in [-0.3, -0.25) is 0 Å². The van der Waals surface area contributed by atoms with Crippen LogP contribution >= 0.6 is 0 Å². The minimum Gasteiger partial charge on any atom is -0.240 e. The normalized spacial score (nSPS) is 13.0. The van der Waals surface area contributed by atoms with Crippen LogP contribution < -0.4 is 0 Å². The van der Waals surface area contributed by atoms with Crippen LogP contribution in [0.1, 0.15) is 18.9 Å². The molecule has 2 rings (SSSR count). The van der Waals surface area contributed by atoms with Gasteiger partial charge in [0.2, 0.25) is 10.0 Å². The van der Waals surface area contributed by atoms with Crippen molar-refractivity contribution >= 4 is 10.0 Å². The van der Waals surface area contributed by atoms with Crippen LogP contribution in [0.25, 0.3) is 5.69 Å². The van der Waals surface area contributed by atoms with Crippen molar-refractivity contribution in [3.8, 4) is 11.8 Å². The molecule has 0 N–H and O–H groups in total. The van der Waals surface area contributed by atoms with Crippen LogP contribution in [0.4, 0.5) is 0 Å². The Labute approximate surface area is 130 Å². The second-order valence-corrected chi connectivity index (χ2v) is 7.19. The summed E-state index contributed by atoms with van der Waals surface area (Å²) in [5.41, 5.74) is 1.91. The van der Waals surface area contributed by atoms with Gasteiger partial charge in [-0.15, -0.1) is 0 Å². The second-order valence-electron chi connectivity index (χ2n) is 5.19. The SMILES string of the molecule is Cc1ccc(-n2cc(S(=O)(=O)N(C)[C@@H](C)CC#N)cn2)cc1. The fourth-order valence-corrected chi connectivity index (χ4v) is 3.24. The minimum atomic E-state index is -3.66. The first-order valence-corrected chi connectivity index (χ1v) is 8.27. The van der Waals surface area contributed by atoms with Gasteiger partial charge in [-0.25, -0.2) is 13.1 Å². The Bertz CT molecular complexity index is 788. The van der Waals surface area contributed by atoms with E-state index in [1.54, 1.807) is 6.92 Å². The van der Waals surface area contributed by atoms with Gasteiger partial charge >= 0.3 is 0 Å². The lowest BCUT2D eigenvalue weighted by atomic mass is 10.2. The number of nitrogens with zero attached hydrogens (tertiary/aromatic N) is 4. The highest BCUT2D eigenvalue weighted by atomic mass is 32.2. The van der Waals surface area contributed by atoms with Gasteiger partial charge in [-0.2, -0.15) is 14.7 Å². The van der Waals surface area contributed by atoms with E-state index in [2.05, 4.69) is 5.10 Å². The molecule has 0 aliphatic rings. The number of benzene rings is 1. The summed E-state index contributed by atoms with van der Waals surface area (Å²) in [6.45, 7) is 3.68. The summed E-state index contributed by atoms with van der Waals surface area (Å²) >= 11 is 0. The first-order valence-electron chi connectivity index (χ1n) is 6.83. The summed E-state index contributed by atoms with van der Waals surface area (Å²) in [5, 5.41) is 12.8. The minimum absolute atomic E-state index is 0.111. The van der Waals surface area contributed by atoms with Crippen molar-refractivity contribution in [2.24, 2.45) is 0 Å². The molecule has 1 atom stereocenters. The van der Waals surface area contributed by atoms with Crippen molar-refractivity contribution < 1.29 is 8.42 Å². The van der Waals surface area contributed by atoms with Crippen LogP contribution in [-0.2, 0) is 10.0 Å². The molecular formula is C15H18N4O2S. The lowest BCUT2D eigenvalue weighted by Crippen LogP contribution is -2.34. The summed E-state index contributed by atoms with van der Waals surface area (Å²) in [4.78, 5) is 0.111. The highest BCUT2D eigenvalue weighted by Gasteiger charge is 2.26. The zero-order valence-electron chi connectivity index (χ0n) is 12.8. The van der Waals surface area contributed by atoms with E-state index in [0.717, 1.165) is 11.3 Å². The van der Waals surface area contributed by atoms with Crippen LogP contribution in [0.2, 0.25) is 0 Å².